The van der Waals surface area contributed by atoms with Crippen molar-refractivity contribution in [1.82, 2.24) is 10.1 Å². The van der Waals surface area contributed by atoms with E-state index in [1.165, 1.54) is 11.8 Å². The number of carbonyl (C=O) groups excluding carboxylic acids is 1. The zero-order chi connectivity index (χ0) is 15.5. The number of rotatable bonds is 4. The minimum absolute atomic E-state index is 0.116. The van der Waals surface area contributed by atoms with Crippen molar-refractivity contribution in [3.05, 3.63) is 30.1 Å². The van der Waals surface area contributed by atoms with Gasteiger partial charge in [0.15, 0.2) is 0 Å². The Morgan fingerprint density at radius 1 is 1.43 bits per heavy atom. The average Bonchev–Trinajstić information content (AvgIpc) is 2.86. The number of thioether (sulfide) groups is 1. The zero-order valence-corrected chi connectivity index (χ0v) is 13.0. The maximum Gasteiger partial charge on any atom is 0.237 e. The molecule has 0 bridgehead atoms. The van der Waals surface area contributed by atoms with Crippen LogP contribution in [0.2, 0.25) is 0 Å². The Balaban J connectivity index is 1.87. The highest BCUT2D eigenvalue weighted by atomic mass is 32.2. The Hall–Kier alpha value is -2.02. The number of nitrogens with one attached hydrogen (secondary N) is 1. The van der Waals surface area contributed by atoms with Gasteiger partial charge in [-0.3, -0.25) is 10.1 Å². The molecule has 6 nitrogen and oxygen atoms in total. The van der Waals surface area contributed by atoms with E-state index >= 15 is 0 Å². The van der Waals surface area contributed by atoms with Gasteiger partial charge in [0.05, 0.1) is 28.4 Å². The Kier molecular flexibility index (Phi) is 4.52. The van der Waals surface area contributed by atoms with Crippen LogP contribution in [-0.4, -0.2) is 21.8 Å². The summed E-state index contributed by atoms with van der Waals surface area (Å²) in [5.74, 6) is 0.425. The van der Waals surface area contributed by atoms with E-state index in [0.29, 0.717) is 11.6 Å². The number of hydrogen-bond acceptors (Lipinski definition) is 6. The fourth-order valence-corrected chi connectivity index (χ4v) is 2.12. The highest BCUT2D eigenvalue weighted by Crippen LogP contribution is 2.24. The van der Waals surface area contributed by atoms with Crippen LogP contribution in [-0.2, 0) is 10.2 Å². The molecule has 2 aromatic heterocycles. The van der Waals surface area contributed by atoms with Gasteiger partial charge in [-0.25, -0.2) is 4.98 Å². The number of amides is 1. The van der Waals surface area contributed by atoms with E-state index in [1.54, 1.807) is 24.4 Å². The molecule has 0 spiro atoms. The third-order valence-electron chi connectivity index (χ3n) is 2.65. The fourth-order valence-electron chi connectivity index (χ4n) is 1.48. The first-order valence-corrected chi connectivity index (χ1v) is 7.44. The number of aromatic nitrogens is 2. The first-order valence-electron chi connectivity index (χ1n) is 6.46. The molecule has 1 amide bonds. The van der Waals surface area contributed by atoms with Crippen LogP contribution in [0.1, 0.15) is 26.5 Å². The van der Waals surface area contributed by atoms with Crippen molar-refractivity contribution in [2.75, 3.05) is 16.8 Å². The number of hydrogen-bond donors (Lipinski definition) is 2. The molecule has 0 aromatic carbocycles. The molecule has 0 saturated heterocycles. The van der Waals surface area contributed by atoms with E-state index < -0.39 is 0 Å². The Morgan fingerprint density at radius 2 is 2.19 bits per heavy atom. The Labute approximate surface area is 127 Å². The molecule has 2 aromatic rings. The molecule has 3 N–H and O–H groups in total. The van der Waals surface area contributed by atoms with Crippen LogP contribution in [0.3, 0.4) is 0 Å². The van der Waals surface area contributed by atoms with Gasteiger partial charge in [0, 0.05) is 11.5 Å². The van der Waals surface area contributed by atoms with Crippen molar-refractivity contribution in [3.63, 3.8) is 0 Å². The average molecular weight is 306 g/mol. The van der Waals surface area contributed by atoms with E-state index in [4.69, 9.17) is 10.3 Å². The second-order valence-corrected chi connectivity index (χ2v) is 6.59. The van der Waals surface area contributed by atoms with Crippen LogP contribution in [0.25, 0.3) is 0 Å². The molecule has 2 heterocycles. The molecular formula is C14H18N4O2S. The highest BCUT2D eigenvalue weighted by molar-refractivity contribution is 7.99. The van der Waals surface area contributed by atoms with Gasteiger partial charge < -0.3 is 10.3 Å². The van der Waals surface area contributed by atoms with E-state index in [0.717, 1.165) is 10.7 Å². The fraction of sp³-hybridized carbons (Fsp3) is 0.357. The molecule has 21 heavy (non-hydrogen) atoms. The second-order valence-electron chi connectivity index (χ2n) is 5.59. The van der Waals surface area contributed by atoms with Gasteiger partial charge in [-0.15, -0.1) is 0 Å². The third-order valence-corrected chi connectivity index (χ3v) is 3.60. The summed E-state index contributed by atoms with van der Waals surface area (Å²) in [7, 11) is 0. The highest BCUT2D eigenvalue weighted by Gasteiger charge is 2.19. The van der Waals surface area contributed by atoms with Crippen LogP contribution >= 0.6 is 11.8 Å². The molecule has 0 aliphatic carbocycles. The monoisotopic (exact) mass is 306 g/mol. The van der Waals surface area contributed by atoms with Gasteiger partial charge in [-0.1, -0.05) is 37.7 Å². The first-order chi connectivity index (χ1) is 9.84. The maximum absolute atomic E-state index is 11.8. The van der Waals surface area contributed by atoms with Gasteiger partial charge in [0.25, 0.3) is 0 Å². The van der Waals surface area contributed by atoms with Crippen molar-refractivity contribution >= 4 is 29.2 Å². The molecule has 0 fully saturated rings. The number of anilines is 2. The number of pyridine rings is 1. The third kappa shape index (κ3) is 4.49. The van der Waals surface area contributed by atoms with Gasteiger partial charge >= 0.3 is 0 Å². The number of nitrogen functional groups attached to an aromatic ring is 1. The predicted molar refractivity (Wildman–Crippen MR) is 83.2 cm³/mol. The SMILES string of the molecule is CC(C)(C)c1cc(NC(=O)CSc2ccc(N)cn2)on1. The lowest BCUT2D eigenvalue weighted by Gasteiger charge is -2.12. The molecule has 0 aliphatic heterocycles. The zero-order valence-electron chi connectivity index (χ0n) is 12.2. The minimum Gasteiger partial charge on any atom is -0.397 e. The summed E-state index contributed by atoms with van der Waals surface area (Å²) in [6.45, 7) is 6.08. The number of carbonyl (C=O) groups is 1. The first kappa shape index (κ1) is 15.4. The van der Waals surface area contributed by atoms with Crippen molar-refractivity contribution in [2.45, 2.75) is 31.2 Å². The van der Waals surface area contributed by atoms with Crippen molar-refractivity contribution < 1.29 is 9.32 Å². The summed E-state index contributed by atoms with van der Waals surface area (Å²) in [5.41, 5.74) is 6.83. The second kappa shape index (κ2) is 6.17. The molecule has 112 valence electrons. The largest absolute Gasteiger partial charge is 0.397 e. The van der Waals surface area contributed by atoms with Crippen LogP contribution < -0.4 is 11.1 Å². The number of nitrogens with two attached hydrogens (primary N) is 1. The summed E-state index contributed by atoms with van der Waals surface area (Å²) >= 11 is 1.33. The molecule has 2 rings (SSSR count). The van der Waals surface area contributed by atoms with E-state index in [9.17, 15) is 4.79 Å². The van der Waals surface area contributed by atoms with Crippen LogP contribution in [0.4, 0.5) is 11.6 Å². The molecular weight excluding hydrogens is 288 g/mol. The topological polar surface area (TPSA) is 94.0 Å². The maximum atomic E-state index is 11.8. The van der Waals surface area contributed by atoms with Gasteiger partial charge in [-0.05, 0) is 12.1 Å². The molecule has 0 atom stereocenters. The molecule has 0 radical (unpaired) electrons. The molecule has 0 aliphatic rings. The van der Waals surface area contributed by atoms with E-state index in [1.807, 2.05) is 20.8 Å². The van der Waals surface area contributed by atoms with Crippen molar-refractivity contribution in [3.8, 4) is 0 Å². The summed E-state index contributed by atoms with van der Waals surface area (Å²) in [5, 5.41) is 7.36. The lowest BCUT2D eigenvalue weighted by atomic mass is 9.92. The van der Waals surface area contributed by atoms with Crippen molar-refractivity contribution in [2.24, 2.45) is 0 Å². The molecule has 0 unspecified atom stereocenters. The molecule has 0 saturated carbocycles. The summed E-state index contributed by atoms with van der Waals surface area (Å²) < 4.78 is 5.11. The summed E-state index contributed by atoms with van der Waals surface area (Å²) in [6.07, 6.45) is 1.56. The van der Waals surface area contributed by atoms with Gasteiger partial charge in [0.1, 0.15) is 0 Å². The van der Waals surface area contributed by atoms with Gasteiger partial charge in [-0.2, -0.15) is 0 Å². The Bertz CT molecular complexity index is 617. The lowest BCUT2D eigenvalue weighted by Crippen LogP contribution is -2.14. The van der Waals surface area contributed by atoms with Crippen LogP contribution in [0.15, 0.2) is 33.9 Å². The van der Waals surface area contributed by atoms with Gasteiger partial charge in [0.2, 0.25) is 11.8 Å². The molecule has 7 heteroatoms. The van der Waals surface area contributed by atoms with E-state index in [2.05, 4.69) is 15.5 Å². The quantitative estimate of drug-likeness (QED) is 0.843. The van der Waals surface area contributed by atoms with E-state index in [-0.39, 0.29) is 17.1 Å². The minimum atomic E-state index is -0.171. The summed E-state index contributed by atoms with van der Waals surface area (Å²) in [4.78, 5) is 16.0. The van der Waals surface area contributed by atoms with Crippen molar-refractivity contribution in [1.29, 1.82) is 0 Å². The van der Waals surface area contributed by atoms with Crippen LogP contribution in [0, 0.1) is 0 Å². The predicted octanol–water partition coefficient (Wildman–Crippen LogP) is 2.68. The Morgan fingerprint density at radius 3 is 2.76 bits per heavy atom. The van der Waals surface area contributed by atoms with Crippen LogP contribution in [0.5, 0.6) is 0 Å². The lowest BCUT2D eigenvalue weighted by molar-refractivity contribution is -0.113. The summed E-state index contributed by atoms with van der Waals surface area (Å²) in [6, 6.07) is 5.27. The smallest absolute Gasteiger partial charge is 0.237 e. The standard InChI is InChI=1S/C14H18N4O2S/c1-14(2,3)10-6-12(20-18-10)17-11(19)8-21-13-5-4-9(15)7-16-13/h4-7H,8,15H2,1-3H3,(H,17,19). The normalized spacial score (nSPS) is 11.4. The number of nitrogens with zero attached hydrogens (tertiary/aromatic N) is 2.